The Kier molecular flexibility index (Phi) is 12.4. The molecule has 0 aromatic heterocycles. The van der Waals surface area contributed by atoms with E-state index in [0.717, 1.165) is 70.5 Å². The molecule has 0 saturated heterocycles. The summed E-state index contributed by atoms with van der Waals surface area (Å²) in [5.41, 5.74) is 0. The molecule has 0 aromatic rings. The Labute approximate surface area is 105 Å². The molecule has 0 N–H and O–H groups in total. The summed E-state index contributed by atoms with van der Waals surface area (Å²) in [5, 5.41) is 0. The summed E-state index contributed by atoms with van der Waals surface area (Å²) >= 11 is 0. The summed E-state index contributed by atoms with van der Waals surface area (Å²) in [6, 6.07) is 0. The molecule has 0 heterocycles. The SMILES string of the molecule is C=CCCCCCC(=O)CCCCCCC=O. The lowest BCUT2D eigenvalue weighted by Crippen LogP contribution is -1.97. The van der Waals surface area contributed by atoms with Gasteiger partial charge in [-0.25, -0.2) is 0 Å². The van der Waals surface area contributed by atoms with Gasteiger partial charge in [-0.1, -0.05) is 25.3 Å². The Hall–Kier alpha value is -0.920. The lowest BCUT2D eigenvalue weighted by Gasteiger charge is -2.01. The summed E-state index contributed by atoms with van der Waals surface area (Å²) in [5.74, 6) is 0.402. The van der Waals surface area contributed by atoms with E-state index >= 15 is 0 Å². The fraction of sp³-hybridized carbons (Fsp3) is 0.733. The molecule has 0 unspecified atom stereocenters. The smallest absolute Gasteiger partial charge is 0.132 e. The van der Waals surface area contributed by atoms with Crippen LogP contribution in [0.2, 0.25) is 0 Å². The van der Waals surface area contributed by atoms with Crippen molar-refractivity contribution in [1.29, 1.82) is 0 Å². The summed E-state index contributed by atoms with van der Waals surface area (Å²) in [4.78, 5) is 21.6. The number of hydrogen-bond acceptors (Lipinski definition) is 2. The second kappa shape index (κ2) is 13.1. The van der Waals surface area contributed by atoms with Gasteiger partial charge in [0.15, 0.2) is 0 Å². The molecular formula is C15H26O2. The van der Waals surface area contributed by atoms with Gasteiger partial charge in [0.05, 0.1) is 0 Å². The molecule has 0 fully saturated rings. The fourth-order valence-corrected chi connectivity index (χ4v) is 1.82. The second-order valence-electron chi connectivity index (χ2n) is 4.55. The van der Waals surface area contributed by atoms with Crippen LogP contribution in [0, 0.1) is 0 Å². The van der Waals surface area contributed by atoms with Crippen LogP contribution < -0.4 is 0 Å². The van der Waals surface area contributed by atoms with E-state index in [1.54, 1.807) is 0 Å². The van der Waals surface area contributed by atoms with Gasteiger partial charge in [-0.3, -0.25) is 4.79 Å². The quantitative estimate of drug-likeness (QED) is 0.273. The molecule has 0 aliphatic heterocycles. The zero-order valence-corrected chi connectivity index (χ0v) is 11.0. The van der Waals surface area contributed by atoms with Gasteiger partial charge < -0.3 is 4.79 Å². The van der Waals surface area contributed by atoms with Crippen LogP contribution >= 0.6 is 0 Å². The third-order valence-electron chi connectivity index (χ3n) is 2.89. The topological polar surface area (TPSA) is 34.1 Å². The van der Waals surface area contributed by atoms with E-state index in [1.165, 1.54) is 0 Å². The van der Waals surface area contributed by atoms with E-state index < -0.39 is 0 Å². The number of ketones is 1. The molecule has 17 heavy (non-hydrogen) atoms. The minimum absolute atomic E-state index is 0.402. The zero-order valence-electron chi connectivity index (χ0n) is 11.0. The Morgan fingerprint density at radius 1 is 0.824 bits per heavy atom. The normalized spacial score (nSPS) is 10.1. The van der Waals surface area contributed by atoms with Gasteiger partial charge in [0.25, 0.3) is 0 Å². The molecule has 0 radical (unpaired) electrons. The highest BCUT2D eigenvalue weighted by atomic mass is 16.1. The average Bonchev–Trinajstić information content (AvgIpc) is 2.33. The van der Waals surface area contributed by atoms with E-state index in [9.17, 15) is 9.59 Å². The van der Waals surface area contributed by atoms with Crippen molar-refractivity contribution in [3.63, 3.8) is 0 Å². The Morgan fingerprint density at radius 2 is 1.35 bits per heavy atom. The largest absolute Gasteiger partial charge is 0.303 e. The molecule has 0 bridgehead atoms. The van der Waals surface area contributed by atoms with Crippen molar-refractivity contribution >= 4 is 12.1 Å². The molecular weight excluding hydrogens is 212 g/mol. The monoisotopic (exact) mass is 238 g/mol. The van der Waals surface area contributed by atoms with Crippen molar-refractivity contribution in [2.45, 2.75) is 70.6 Å². The predicted octanol–water partition coefficient (Wildman–Crippen LogP) is 4.23. The van der Waals surface area contributed by atoms with E-state index in [4.69, 9.17) is 0 Å². The van der Waals surface area contributed by atoms with Crippen molar-refractivity contribution in [2.75, 3.05) is 0 Å². The van der Waals surface area contributed by atoms with Crippen LogP contribution in [0.15, 0.2) is 12.7 Å². The van der Waals surface area contributed by atoms with Crippen LogP contribution in [0.25, 0.3) is 0 Å². The maximum atomic E-state index is 11.5. The van der Waals surface area contributed by atoms with E-state index in [0.29, 0.717) is 12.2 Å². The van der Waals surface area contributed by atoms with Gasteiger partial charge in [0.1, 0.15) is 12.1 Å². The number of unbranched alkanes of at least 4 members (excludes halogenated alkanes) is 7. The van der Waals surface area contributed by atoms with Crippen molar-refractivity contribution in [3.05, 3.63) is 12.7 Å². The average molecular weight is 238 g/mol. The molecule has 0 rings (SSSR count). The molecule has 0 aliphatic rings. The van der Waals surface area contributed by atoms with Crippen LogP contribution in [0.3, 0.4) is 0 Å². The number of hydrogen-bond donors (Lipinski definition) is 0. The Morgan fingerprint density at radius 3 is 1.94 bits per heavy atom. The maximum absolute atomic E-state index is 11.5. The Bertz CT molecular complexity index is 209. The number of Topliss-reactive ketones (excluding diaryl/α,β-unsaturated/α-hetero) is 1. The molecule has 0 spiro atoms. The fourth-order valence-electron chi connectivity index (χ4n) is 1.82. The van der Waals surface area contributed by atoms with Gasteiger partial charge >= 0.3 is 0 Å². The summed E-state index contributed by atoms with van der Waals surface area (Å²) in [6.07, 6.45) is 13.5. The third kappa shape index (κ3) is 13.0. The summed E-state index contributed by atoms with van der Waals surface area (Å²) in [6.45, 7) is 3.68. The van der Waals surface area contributed by atoms with Gasteiger partial charge in [0, 0.05) is 19.3 Å². The van der Waals surface area contributed by atoms with Crippen molar-refractivity contribution in [3.8, 4) is 0 Å². The minimum atomic E-state index is 0.402. The molecule has 0 saturated carbocycles. The van der Waals surface area contributed by atoms with Gasteiger partial charge in [0.2, 0.25) is 0 Å². The molecule has 0 aromatic carbocycles. The van der Waals surface area contributed by atoms with Gasteiger partial charge in [-0.15, -0.1) is 6.58 Å². The first-order chi connectivity index (χ1) is 8.31. The van der Waals surface area contributed by atoms with Crippen molar-refractivity contribution < 1.29 is 9.59 Å². The highest BCUT2D eigenvalue weighted by Crippen LogP contribution is 2.09. The lowest BCUT2D eigenvalue weighted by atomic mass is 10.0. The van der Waals surface area contributed by atoms with E-state index in [2.05, 4.69) is 6.58 Å². The predicted molar refractivity (Wildman–Crippen MR) is 72.1 cm³/mol. The minimum Gasteiger partial charge on any atom is -0.303 e. The van der Waals surface area contributed by atoms with E-state index in [-0.39, 0.29) is 0 Å². The highest BCUT2D eigenvalue weighted by molar-refractivity contribution is 5.78. The molecule has 2 nitrogen and oxygen atoms in total. The first kappa shape index (κ1) is 16.1. The van der Waals surface area contributed by atoms with Crippen LogP contribution in [0.5, 0.6) is 0 Å². The number of aldehydes is 1. The summed E-state index contributed by atoms with van der Waals surface area (Å²) in [7, 11) is 0. The maximum Gasteiger partial charge on any atom is 0.132 e. The third-order valence-corrected chi connectivity index (χ3v) is 2.89. The highest BCUT2D eigenvalue weighted by Gasteiger charge is 2.01. The van der Waals surface area contributed by atoms with Gasteiger partial charge in [-0.05, 0) is 32.1 Å². The van der Waals surface area contributed by atoms with Crippen molar-refractivity contribution in [2.24, 2.45) is 0 Å². The number of rotatable bonds is 13. The van der Waals surface area contributed by atoms with Crippen LogP contribution in [0.1, 0.15) is 70.6 Å². The van der Waals surface area contributed by atoms with Crippen molar-refractivity contribution in [1.82, 2.24) is 0 Å². The molecule has 0 amide bonds. The van der Waals surface area contributed by atoms with Crippen LogP contribution in [-0.4, -0.2) is 12.1 Å². The molecule has 0 atom stereocenters. The lowest BCUT2D eigenvalue weighted by molar-refractivity contribution is -0.119. The number of carbonyl (C=O) groups is 2. The number of carbonyl (C=O) groups excluding carboxylic acids is 2. The van der Waals surface area contributed by atoms with Crippen LogP contribution in [0.4, 0.5) is 0 Å². The molecule has 0 aliphatic carbocycles. The first-order valence-electron chi connectivity index (χ1n) is 6.87. The Balaban J connectivity index is 3.17. The molecule has 2 heteroatoms. The molecule has 98 valence electrons. The number of allylic oxidation sites excluding steroid dienone is 1. The summed E-state index contributed by atoms with van der Waals surface area (Å²) < 4.78 is 0. The zero-order chi connectivity index (χ0) is 12.8. The second-order valence-corrected chi connectivity index (χ2v) is 4.55. The standard InChI is InChI=1S/C15H26O2/c1-2-3-4-6-9-12-15(17)13-10-7-5-8-11-14-16/h2,14H,1,3-13H2. The van der Waals surface area contributed by atoms with E-state index in [1.807, 2.05) is 6.08 Å². The van der Waals surface area contributed by atoms with Gasteiger partial charge in [-0.2, -0.15) is 0 Å². The first-order valence-corrected chi connectivity index (χ1v) is 6.87. The van der Waals surface area contributed by atoms with Crippen LogP contribution in [-0.2, 0) is 9.59 Å².